The summed E-state index contributed by atoms with van der Waals surface area (Å²) in [6, 6.07) is 11.4. The lowest BCUT2D eigenvalue weighted by Crippen LogP contribution is -2.35. The second-order valence-electron chi connectivity index (χ2n) is 7.01. The van der Waals surface area contributed by atoms with Crippen LogP contribution in [0, 0.1) is 0 Å². The topological polar surface area (TPSA) is 50.8 Å². The van der Waals surface area contributed by atoms with E-state index < -0.39 is 24.3 Å². The number of halogens is 3. The SMILES string of the molecule is CN1CCC(Oc2ccc(NC(=O)COc3cccc(C(F)(F)F)c3)cc2)CC1. The molecular formula is C21H23F3N2O3. The molecule has 1 heterocycles. The lowest BCUT2D eigenvalue weighted by Gasteiger charge is -2.29. The summed E-state index contributed by atoms with van der Waals surface area (Å²) in [6.45, 7) is 1.62. The third kappa shape index (κ3) is 6.39. The van der Waals surface area contributed by atoms with E-state index in [0.717, 1.165) is 43.8 Å². The maximum atomic E-state index is 12.7. The normalized spacial score (nSPS) is 15.7. The number of alkyl halides is 3. The highest BCUT2D eigenvalue weighted by molar-refractivity contribution is 5.91. The van der Waals surface area contributed by atoms with Gasteiger partial charge in [0.1, 0.15) is 17.6 Å². The van der Waals surface area contributed by atoms with Crippen LogP contribution in [-0.4, -0.2) is 43.7 Å². The Kier molecular flexibility index (Phi) is 6.64. The van der Waals surface area contributed by atoms with Crippen LogP contribution in [0.3, 0.4) is 0 Å². The van der Waals surface area contributed by atoms with Gasteiger partial charge in [-0.2, -0.15) is 13.2 Å². The molecule has 2 aromatic rings. The summed E-state index contributed by atoms with van der Waals surface area (Å²) in [7, 11) is 2.09. The quantitative estimate of drug-likeness (QED) is 0.779. The van der Waals surface area contributed by atoms with Crippen LogP contribution in [0.25, 0.3) is 0 Å². The van der Waals surface area contributed by atoms with E-state index in [1.54, 1.807) is 24.3 Å². The van der Waals surface area contributed by atoms with Crippen LogP contribution in [0.15, 0.2) is 48.5 Å². The van der Waals surface area contributed by atoms with E-state index in [1.165, 1.54) is 12.1 Å². The lowest BCUT2D eigenvalue weighted by atomic mass is 10.1. The zero-order chi connectivity index (χ0) is 20.9. The Labute approximate surface area is 167 Å². The van der Waals surface area contributed by atoms with Gasteiger partial charge >= 0.3 is 6.18 Å². The number of anilines is 1. The smallest absolute Gasteiger partial charge is 0.416 e. The number of likely N-dealkylation sites (tertiary alicyclic amines) is 1. The minimum absolute atomic E-state index is 0.0168. The lowest BCUT2D eigenvalue weighted by molar-refractivity contribution is -0.137. The van der Waals surface area contributed by atoms with Gasteiger partial charge in [0.25, 0.3) is 5.91 Å². The first-order chi connectivity index (χ1) is 13.8. The van der Waals surface area contributed by atoms with E-state index >= 15 is 0 Å². The number of piperidine rings is 1. The monoisotopic (exact) mass is 408 g/mol. The maximum Gasteiger partial charge on any atom is 0.416 e. The van der Waals surface area contributed by atoms with E-state index in [1.807, 2.05) is 0 Å². The van der Waals surface area contributed by atoms with Gasteiger partial charge in [0, 0.05) is 18.8 Å². The van der Waals surface area contributed by atoms with Gasteiger partial charge in [-0.15, -0.1) is 0 Å². The number of ether oxygens (including phenoxy) is 2. The summed E-state index contributed by atoms with van der Waals surface area (Å²) in [5, 5.41) is 2.65. The summed E-state index contributed by atoms with van der Waals surface area (Å²) in [5.74, 6) is 0.251. The van der Waals surface area contributed by atoms with Gasteiger partial charge in [0.2, 0.25) is 0 Å². The van der Waals surface area contributed by atoms with Crippen LogP contribution in [0.4, 0.5) is 18.9 Å². The van der Waals surface area contributed by atoms with Crippen molar-refractivity contribution in [1.82, 2.24) is 4.90 Å². The average Bonchev–Trinajstić information content (AvgIpc) is 2.69. The number of hydrogen-bond donors (Lipinski definition) is 1. The molecule has 0 radical (unpaired) electrons. The molecule has 156 valence electrons. The first-order valence-corrected chi connectivity index (χ1v) is 9.35. The molecular weight excluding hydrogens is 385 g/mol. The molecule has 0 spiro atoms. The van der Waals surface area contributed by atoms with Gasteiger partial charge < -0.3 is 19.7 Å². The van der Waals surface area contributed by atoms with E-state index in [0.29, 0.717) is 5.69 Å². The molecule has 1 amide bonds. The standard InChI is InChI=1S/C21H23F3N2O3/c1-26-11-9-18(10-12-26)29-17-7-5-16(6-8-17)25-20(27)14-28-19-4-2-3-15(13-19)21(22,23)24/h2-8,13,18H,9-12,14H2,1H3,(H,25,27). The zero-order valence-corrected chi connectivity index (χ0v) is 16.0. The summed E-state index contributed by atoms with van der Waals surface area (Å²) < 4.78 is 49.2. The van der Waals surface area contributed by atoms with Gasteiger partial charge in [-0.3, -0.25) is 4.79 Å². The van der Waals surface area contributed by atoms with Crippen molar-refractivity contribution in [1.29, 1.82) is 0 Å². The molecule has 1 aliphatic heterocycles. The molecule has 0 aliphatic carbocycles. The third-order valence-electron chi connectivity index (χ3n) is 4.64. The summed E-state index contributed by atoms with van der Waals surface area (Å²) in [5.41, 5.74) is -0.269. The van der Waals surface area contributed by atoms with Crippen molar-refractivity contribution in [3.05, 3.63) is 54.1 Å². The minimum Gasteiger partial charge on any atom is -0.490 e. The molecule has 0 bridgehead atoms. The van der Waals surface area contributed by atoms with Crippen LogP contribution in [-0.2, 0) is 11.0 Å². The second-order valence-corrected chi connectivity index (χ2v) is 7.01. The number of hydrogen-bond acceptors (Lipinski definition) is 4. The number of benzene rings is 2. The van der Waals surface area contributed by atoms with Gasteiger partial charge in [-0.25, -0.2) is 0 Å². The Hall–Kier alpha value is -2.74. The molecule has 0 saturated carbocycles. The molecule has 1 aliphatic rings. The predicted octanol–water partition coefficient (Wildman–Crippen LogP) is 4.20. The Morgan fingerprint density at radius 3 is 2.45 bits per heavy atom. The van der Waals surface area contributed by atoms with Crippen molar-refractivity contribution in [2.45, 2.75) is 25.1 Å². The Morgan fingerprint density at radius 1 is 1.10 bits per heavy atom. The highest BCUT2D eigenvalue weighted by atomic mass is 19.4. The molecule has 1 N–H and O–H groups in total. The fourth-order valence-corrected chi connectivity index (χ4v) is 3.02. The first kappa shape index (κ1) is 21.0. The van der Waals surface area contributed by atoms with Crippen molar-refractivity contribution < 1.29 is 27.4 Å². The van der Waals surface area contributed by atoms with Gasteiger partial charge in [-0.05, 0) is 62.4 Å². The number of carbonyl (C=O) groups is 1. The van der Waals surface area contributed by atoms with Crippen LogP contribution in [0.1, 0.15) is 18.4 Å². The molecule has 29 heavy (non-hydrogen) atoms. The third-order valence-corrected chi connectivity index (χ3v) is 4.64. The van der Waals surface area contributed by atoms with Crippen LogP contribution in [0.5, 0.6) is 11.5 Å². The van der Waals surface area contributed by atoms with Gasteiger partial charge in [-0.1, -0.05) is 6.07 Å². The first-order valence-electron chi connectivity index (χ1n) is 9.35. The van der Waals surface area contributed by atoms with E-state index in [2.05, 4.69) is 17.3 Å². The predicted molar refractivity (Wildman–Crippen MR) is 103 cm³/mol. The zero-order valence-electron chi connectivity index (χ0n) is 16.0. The Balaban J connectivity index is 1.47. The number of nitrogens with one attached hydrogen (secondary N) is 1. The van der Waals surface area contributed by atoms with Crippen molar-refractivity contribution >= 4 is 11.6 Å². The fourth-order valence-electron chi connectivity index (χ4n) is 3.02. The number of rotatable bonds is 6. The largest absolute Gasteiger partial charge is 0.490 e. The van der Waals surface area contributed by atoms with Crippen LogP contribution in [0.2, 0.25) is 0 Å². The van der Waals surface area contributed by atoms with Crippen molar-refractivity contribution in [3.63, 3.8) is 0 Å². The molecule has 0 aromatic heterocycles. The van der Waals surface area contributed by atoms with E-state index in [4.69, 9.17) is 9.47 Å². The molecule has 8 heteroatoms. The van der Waals surface area contributed by atoms with Crippen molar-refractivity contribution in [2.75, 3.05) is 32.1 Å². The van der Waals surface area contributed by atoms with Gasteiger partial charge in [0.05, 0.1) is 5.56 Å². The van der Waals surface area contributed by atoms with Crippen molar-refractivity contribution in [2.24, 2.45) is 0 Å². The minimum atomic E-state index is -4.46. The summed E-state index contributed by atoms with van der Waals surface area (Å²) in [4.78, 5) is 14.3. The molecule has 1 fully saturated rings. The molecule has 5 nitrogen and oxygen atoms in total. The second kappa shape index (κ2) is 9.17. The highest BCUT2D eigenvalue weighted by Gasteiger charge is 2.30. The number of nitrogens with zero attached hydrogens (tertiary/aromatic N) is 1. The molecule has 2 aromatic carbocycles. The molecule has 0 atom stereocenters. The summed E-state index contributed by atoms with van der Waals surface area (Å²) in [6.07, 6.45) is -2.32. The summed E-state index contributed by atoms with van der Waals surface area (Å²) >= 11 is 0. The molecule has 3 rings (SSSR count). The molecule has 0 unspecified atom stereocenters. The average molecular weight is 408 g/mol. The van der Waals surface area contributed by atoms with Crippen LogP contribution >= 0.6 is 0 Å². The van der Waals surface area contributed by atoms with Crippen molar-refractivity contribution in [3.8, 4) is 11.5 Å². The fraction of sp³-hybridized carbons (Fsp3) is 0.381. The highest BCUT2D eigenvalue weighted by Crippen LogP contribution is 2.31. The Bertz CT molecular complexity index is 817. The van der Waals surface area contributed by atoms with Gasteiger partial charge in [0.15, 0.2) is 6.61 Å². The Morgan fingerprint density at radius 2 is 1.79 bits per heavy atom. The number of carbonyl (C=O) groups excluding carboxylic acids is 1. The number of amides is 1. The molecule has 1 saturated heterocycles. The van der Waals surface area contributed by atoms with E-state index in [-0.39, 0.29) is 11.9 Å². The van der Waals surface area contributed by atoms with E-state index in [9.17, 15) is 18.0 Å². The van der Waals surface area contributed by atoms with Crippen LogP contribution < -0.4 is 14.8 Å². The maximum absolute atomic E-state index is 12.7.